The van der Waals surface area contributed by atoms with Gasteiger partial charge in [-0.3, -0.25) is 4.21 Å². The first-order valence-electron chi connectivity index (χ1n) is 5.04. The Kier molecular flexibility index (Phi) is 6.16. The molecule has 1 rings (SSSR count). The Balaban J connectivity index is 2.29. The molecule has 16 heavy (non-hydrogen) atoms. The van der Waals surface area contributed by atoms with Gasteiger partial charge in [-0.05, 0) is 30.7 Å². The lowest BCUT2D eigenvalue weighted by Gasteiger charge is -2.06. The van der Waals surface area contributed by atoms with Crippen LogP contribution in [-0.4, -0.2) is 22.8 Å². The third-order valence-corrected chi connectivity index (χ3v) is 3.72. The Labute approximate surface area is 106 Å². The molecule has 0 aromatic heterocycles. The standard InChI is InChI=1S/C11H15BrFNOS/c1-16(15)6-2-5-14-8-9-3-4-10(13)7-11(9)12/h3-4,7,14H,2,5-6,8H2,1H3. The van der Waals surface area contributed by atoms with Crippen LogP contribution in [0.2, 0.25) is 0 Å². The molecule has 1 unspecified atom stereocenters. The van der Waals surface area contributed by atoms with Crippen molar-refractivity contribution in [3.05, 3.63) is 34.1 Å². The summed E-state index contributed by atoms with van der Waals surface area (Å²) in [6.07, 6.45) is 2.60. The van der Waals surface area contributed by atoms with Gasteiger partial charge >= 0.3 is 0 Å². The van der Waals surface area contributed by atoms with Gasteiger partial charge in [0, 0.05) is 33.8 Å². The van der Waals surface area contributed by atoms with Crippen molar-refractivity contribution < 1.29 is 8.60 Å². The van der Waals surface area contributed by atoms with Crippen LogP contribution in [0.5, 0.6) is 0 Å². The molecule has 0 bridgehead atoms. The van der Waals surface area contributed by atoms with E-state index in [0.717, 1.165) is 28.8 Å². The molecule has 0 saturated carbocycles. The number of hydrogen-bond acceptors (Lipinski definition) is 2. The molecular weight excluding hydrogens is 293 g/mol. The number of benzene rings is 1. The summed E-state index contributed by atoms with van der Waals surface area (Å²) in [6.45, 7) is 1.51. The van der Waals surface area contributed by atoms with E-state index < -0.39 is 10.8 Å². The lowest BCUT2D eigenvalue weighted by atomic mass is 10.2. The molecule has 1 aromatic rings. The molecule has 0 radical (unpaired) electrons. The maximum absolute atomic E-state index is 12.8. The summed E-state index contributed by atoms with van der Waals surface area (Å²) in [7, 11) is -0.720. The summed E-state index contributed by atoms with van der Waals surface area (Å²) < 4.78 is 24.4. The molecular formula is C11H15BrFNOS. The maximum atomic E-state index is 12.8. The van der Waals surface area contributed by atoms with Crippen LogP contribution >= 0.6 is 15.9 Å². The SMILES string of the molecule is CS(=O)CCCNCc1ccc(F)cc1Br. The molecule has 0 fully saturated rings. The van der Waals surface area contributed by atoms with Gasteiger partial charge in [0.15, 0.2) is 0 Å². The molecule has 1 atom stereocenters. The Morgan fingerprint density at radius 1 is 1.50 bits per heavy atom. The van der Waals surface area contributed by atoms with Gasteiger partial charge in [0.1, 0.15) is 5.82 Å². The van der Waals surface area contributed by atoms with Crippen molar-refractivity contribution in [3.63, 3.8) is 0 Å². The lowest BCUT2D eigenvalue weighted by molar-refractivity contribution is 0.622. The number of nitrogens with one attached hydrogen (secondary N) is 1. The molecule has 5 heteroatoms. The largest absolute Gasteiger partial charge is 0.313 e. The zero-order chi connectivity index (χ0) is 12.0. The maximum Gasteiger partial charge on any atom is 0.124 e. The van der Waals surface area contributed by atoms with Crippen molar-refractivity contribution in [2.45, 2.75) is 13.0 Å². The highest BCUT2D eigenvalue weighted by molar-refractivity contribution is 9.10. The van der Waals surface area contributed by atoms with E-state index in [4.69, 9.17) is 0 Å². The van der Waals surface area contributed by atoms with Crippen LogP contribution in [0.4, 0.5) is 4.39 Å². The Morgan fingerprint density at radius 2 is 2.25 bits per heavy atom. The monoisotopic (exact) mass is 307 g/mol. The fourth-order valence-electron chi connectivity index (χ4n) is 1.29. The molecule has 0 saturated heterocycles. The van der Waals surface area contributed by atoms with Gasteiger partial charge in [-0.15, -0.1) is 0 Å². The zero-order valence-electron chi connectivity index (χ0n) is 9.13. The highest BCUT2D eigenvalue weighted by Gasteiger charge is 2.00. The molecule has 1 aromatic carbocycles. The second kappa shape index (κ2) is 7.14. The minimum atomic E-state index is -0.720. The van der Waals surface area contributed by atoms with E-state index in [1.54, 1.807) is 12.3 Å². The van der Waals surface area contributed by atoms with Crippen LogP contribution in [0.1, 0.15) is 12.0 Å². The fraction of sp³-hybridized carbons (Fsp3) is 0.455. The first-order chi connectivity index (χ1) is 7.59. The molecule has 0 aliphatic heterocycles. The van der Waals surface area contributed by atoms with Gasteiger partial charge in [0.2, 0.25) is 0 Å². The zero-order valence-corrected chi connectivity index (χ0v) is 11.5. The molecule has 0 aliphatic rings. The molecule has 0 spiro atoms. The Bertz CT molecular complexity index is 373. The van der Waals surface area contributed by atoms with E-state index in [9.17, 15) is 8.60 Å². The summed E-state index contributed by atoms with van der Waals surface area (Å²) in [5.41, 5.74) is 1.03. The first kappa shape index (κ1) is 13.8. The first-order valence-corrected chi connectivity index (χ1v) is 7.56. The molecule has 1 N–H and O–H groups in total. The van der Waals surface area contributed by atoms with Gasteiger partial charge < -0.3 is 5.32 Å². The van der Waals surface area contributed by atoms with Gasteiger partial charge in [-0.1, -0.05) is 22.0 Å². The quantitative estimate of drug-likeness (QED) is 0.818. The summed E-state index contributed by atoms with van der Waals surface area (Å²) in [5.74, 6) is 0.481. The Morgan fingerprint density at radius 3 is 2.88 bits per heavy atom. The summed E-state index contributed by atoms with van der Waals surface area (Å²) in [5, 5.41) is 3.23. The normalized spacial score (nSPS) is 12.7. The highest BCUT2D eigenvalue weighted by Crippen LogP contribution is 2.17. The van der Waals surface area contributed by atoms with Crippen molar-refractivity contribution >= 4 is 26.7 Å². The molecule has 0 aliphatic carbocycles. The van der Waals surface area contributed by atoms with Crippen molar-refractivity contribution in [2.24, 2.45) is 0 Å². The minimum absolute atomic E-state index is 0.239. The minimum Gasteiger partial charge on any atom is -0.313 e. The fourth-order valence-corrected chi connectivity index (χ4v) is 2.33. The molecule has 2 nitrogen and oxygen atoms in total. The van der Waals surface area contributed by atoms with E-state index >= 15 is 0 Å². The van der Waals surface area contributed by atoms with Crippen LogP contribution in [0.25, 0.3) is 0 Å². The summed E-state index contributed by atoms with van der Waals surface area (Å²) in [4.78, 5) is 0. The van der Waals surface area contributed by atoms with Gasteiger partial charge in [-0.25, -0.2) is 4.39 Å². The second-order valence-corrected chi connectivity index (χ2v) is 5.95. The summed E-state index contributed by atoms with van der Waals surface area (Å²) in [6, 6.07) is 4.66. The topological polar surface area (TPSA) is 29.1 Å². The van der Waals surface area contributed by atoms with Crippen LogP contribution in [0.15, 0.2) is 22.7 Å². The van der Waals surface area contributed by atoms with E-state index in [1.807, 2.05) is 0 Å². The van der Waals surface area contributed by atoms with Gasteiger partial charge in [0.05, 0.1) is 0 Å². The third kappa shape index (κ3) is 5.18. The van der Waals surface area contributed by atoms with Crippen molar-refractivity contribution in [2.75, 3.05) is 18.6 Å². The predicted octanol–water partition coefficient (Wildman–Crippen LogP) is 2.45. The van der Waals surface area contributed by atoms with E-state index in [1.165, 1.54) is 12.1 Å². The average Bonchev–Trinajstić information content (AvgIpc) is 2.20. The van der Waals surface area contributed by atoms with Gasteiger partial charge in [0.25, 0.3) is 0 Å². The molecule has 0 heterocycles. The van der Waals surface area contributed by atoms with E-state index in [0.29, 0.717) is 6.54 Å². The summed E-state index contributed by atoms with van der Waals surface area (Å²) >= 11 is 3.31. The predicted molar refractivity (Wildman–Crippen MR) is 69.4 cm³/mol. The van der Waals surface area contributed by atoms with Crippen molar-refractivity contribution in [3.8, 4) is 0 Å². The van der Waals surface area contributed by atoms with E-state index in [-0.39, 0.29) is 5.82 Å². The van der Waals surface area contributed by atoms with Crippen LogP contribution < -0.4 is 5.32 Å². The average molecular weight is 308 g/mol. The lowest BCUT2D eigenvalue weighted by Crippen LogP contribution is -2.16. The van der Waals surface area contributed by atoms with E-state index in [2.05, 4.69) is 21.2 Å². The Hall–Kier alpha value is -0.260. The second-order valence-electron chi connectivity index (χ2n) is 3.54. The van der Waals surface area contributed by atoms with Crippen molar-refractivity contribution in [1.29, 1.82) is 0 Å². The van der Waals surface area contributed by atoms with Crippen LogP contribution in [0.3, 0.4) is 0 Å². The number of hydrogen-bond donors (Lipinski definition) is 1. The molecule has 90 valence electrons. The highest BCUT2D eigenvalue weighted by atomic mass is 79.9. The number of rotatable bonds is 6. The smallest absolute Gasteiger partial charge is 0.124 e. The van der Waals surface area contributed by atoms with Gasteiger partial charge in [-0.2, -0.15) is 0 Å². The third-order valence-electron chi connectivity index (χ3n) is 2.12. The van der Waals surface area contributed by atoms with Crippen LogP contribution in [0, 0.1) is 5.82 Å². The van der Waals surface area contributed by atoms with Crippen LogP contribution in [-0.2, 0) is 17.3 Å². The molecule has 0 amide bonds. The number of halogens is 2. The van der Waals surface area contributed by atoms with Crippen molar-refractivity contribution in [1.82, 2.24) is 5.32 Å².